The summed E-state index contributed by atoms with van der Waals surface area (Å²) in [6, 6.07) is 17.4. The van der Waals surface area contributed by atoms with Gasteiger partial charge in [-0.15, -0.1) is 0 Å². The van der Waals surface area contributed by atoms with E-state index in [0.717, 1.165) is 61.7 Å². The Morgan fingerprint density at radius 2 is 1.83 bits per heavy atom. The van der Waals surface area contributed by atoms with Crippen molar-refractivity contribution in [2.45, 2.75) is 49.8 Å². The molecule has 1 atom stereocenters. The third-order valence-electron chi connectivity index (χ3n) is 6.54. The largest absolute Gasteiger partial charge is 0.489 e. The van der Waals surface area contributed by atoms with Crippen molar-refractivity contribution < 1.29 is 4.74 Å². The minimum atomic E-state index is 0.123. The number of hydrogen-bond acceptors (Lipinski definition) is 4. The smallest absolute Gasteiger partial charge is 0.123 e. The third kappa shape index (κ3) is 4.71. The SMILES string of the molecule is CN(C)C1(c2ccccc2)CCC(Nc2cc(Cl)cc(OC3CCNC3)c2)CC1. The lowest BCUT2D eigenvalue weighted by atomic mass is 9.74. The van der Waals surface area contributed by atoms with E-state index >= 15 is 0 Å². The van der Waals surface area contributed by atoms with Crippen molar-refractivity contribution in [2.75, 3.05) is 32.5 Å². The van der Waals surface area contributed by atoms with Gasteiger partial charge in [0.25, 0.3) is 0 Å². The van der Waals surface area contributed by atoms with Crippen molar-refractivity contribution in [1.82, 2.24) is 10.2 Å². The van der Waals surface area contributed by atoms with E-state index in [9.17, 15) is 0 Å². The van der Waals surface area contributed by atoms with Crippen molar-refractivity contribution in [3.63, 3.8) is 0 Å². The Balaban J connectivity index is 1.42. The lowest BCUT2D eigenvalue weighted by Crippen LogP contribution is -2.46. The van der Waals surface area contributed by atoms with Crippen molar-refractivity contribution in [3.05, 3.63) is 59.1 Å². The third-order valence-corrected chi connectivity index (χ3v) is 6.76. The van der Waals surface area contributed by atoms with Gasteiger partial charge in [0.05, 0.1) is 0 Å². The molecule has 0 spiro atoms. The second kappa shape index (κ2) is 8.95. The normalized spacial score (nSPS) is 27.2. The molecule has 4 rings (SSSR count). The van der Waals surface area contributed by atoms with E-state index in [-0.39, 0.29) is 11.6 Å². The molecule has 29 heavy (non-hydrogen) atoms. The first kappa shape index (κ1) is 20.5. The minimum absolute atomic E-state index is 0.123. The van der Waals surface area contributed by atoms with E-state index in [4.69, 9.17) is 16.3 Å². The summed E-state index contributed by atoms with van der Waals surface area (Å²) < 4.78 is 6.11. The molecular formula is C24H32ClN3O. The van der Waals surface area contributed by atoms with Crippen LogP contribution in [0.1, 0.15) is 37.7 Å². The quantitative estimate of drug-likeness (QED) is 0.706. The Labute approximate surface area is 179 Å². The van der Waals surface area contributed by atoms with Gasteiger partial charge in [0.2, 0.25) is 0 Å². The average molecular weight is 414 g/mol. The van der Waals surface area contributed by atoms with Crippen LogP contribution in [0.3, 0.4) is 0 Å². The number of benzene rings is 2. The molecule has 156 valence electrons. The van der Waals surface area contributed by atoms with Crippen molar-refractivity contribution in [3.8, 4) is 5.75 Å². The summed E-state index contributed by atoms with van der Waals surface area (Å²) >= 11 is 6.38. The summed E-state index contributed by atoms with van der Waals surface area (Å²) in [7, 11) is 4.42. The van der Waals surface area contributed by atoms with Gasteiger partial charge >= 0.3 is 0 Å². The standard InChI is InChI=1S/C24H32ClN3O/c1-28(2)24(18-6-4-3-5-7-18)11-8-20(9-12-24)27-21-14-19(25)15-23(16-21)29-22-10-13-26-17-22/h3-7,14-16,20,22,26-27H,8-13,17H2,1-2H3. The number of anilines is 1. The fourth-order valence-electron chi connectivity index (χ4n) is 4.85. The molecule has 2 aliphatic rings. The van der Waals surface area contributed by atoms with E-state index in [1.807, 2.05) is 12.1 Å². The van der Waals surface area contributed by atoms with E-state index in [0.29, 0.717) is 6.04 Å². The summed E-state index contributed by atoms with van der Waals surface area (Å²) in [4.78, 5) is 2.40. The van der Waals surface area contributed by atoms with E-state index in [1.54, 1.807) is 0 Å². The molecule has 2 aromatic carbocycles. The van der Waals surface area contributed by atoms with Crippen molar-refractivity contribution >= 4 is 17.3 Å². The predicted molar refractivity (Wildman–Crippen MR) is 121 cm³/mol. The van der Waals surface area contributed by atoms with Gasteiger partial charge in [-0.3, -0.25) is 4.90 Å². The number of nitrogens with one attached hydrogen (secondary N) is 2. The van der Waals surface area contributed by atoms with Crippen LogP contribution in [0, 0.1) is 0 Å². The molecule has 1 saturated heterocycles. The summed E-state index contributed by atoms with van der Waals surface area (Å²) in [5.74, 6) is 0.858. The molecule has 1 unspecified atom stereocenters. The summed E-state index contributed by atoms with van der Waals surface area (Å²) in [5.41, 5.74) is 2.60. The van der Waals surface area contributed by atoms with Gasteiger partial charge in [-0.05, 0) is 70.4 Å². The topological polar surface area (TPSA) is 36.5 Å². The highest BCUT2D eigenvalue weighted by Gasteiger charge is 2.38. The van der Waals surface area contributed by atoms with E-state index < -0.39 is 0 Å². The number of hydrogen-bond donors (Lipinski definition) is 2. The number of halogens is 1. The molecule has 0 bridgehead atoms. The molecular weight excluding hydrogens is 382 g/mol. The highest BCUT2D eigenvalue weighted by Crippen LogP contribution is 2.42. The van der Waals surface area contributed by atoms with Gasteiger partial charge in [0.15, 0.2) is 0 Å². The average Bonchev–Trinajstić information content (AvgIpc) is 3.22. The van der Waals surface area contributed by atoms with Gasteiger partial charge in [-0.2, -0.15) is 0 Å². The molecule has 5 heteroatoms. The Bertz CT molecular complexity index is 797. The molecule has 1 heterocycles. The van der Waals surface area contributed by atoms with Crippen LogP contribution >= 0.6 is 11.6 Å². The van der Waals surface area contributed by atoms with Crippen LogP contribution in [0.15, 0.2) is 48.5 Å². The van der Waals surface area contributed by atoms with Gasteiger partial charge in [-0.1, -0.05) is 41.9 Å². The lowest BCUT2D eigenvalue weighted by molar-refractivity contribution is 0.0945. The first-order valence-electron chi connectivity index (χ1n) is 10.7. The Hall–Kier alpha value is -1.75. The first-order chi connectivity index (χ1) is 14.0. The van der Waals surface area contributed by atoms with Crippen LogP contribution in [0.5, 0.6) is 5.75 Å². The maximum atomic E-state index is 6.38. The molecule has 0 radical (unpaired) electrons. The fraction of sp³-hybridized carbons (Fsp3) is 0.500. The summed E-state index contributed by atoms with van der Waals surface area (Å²) in [6.07, 6.45) is 5.82. The van der Waals surface area contributed by atoms with Gasteiger partial charge in [0.1, 0.15) is 11.9 Å². The minimum Gasteiger partial charge on any atom is -0.489 e. The molecule has 1 aliphatic heterocycles. The first-order valence-corrected chi connectivity index (χ1v) is 11.1. The Kier molecular flexibility index (Phi) is 6.33. The van der Waals surface area contributed by atoms with E-state index in [1.165, 1.54) is 5.56 Å². The number of ether oxygens (including phenoxy) is 1. The fourth-order valence-corrected chi connectivity index (χ4v) is 5.08. The van der Waals surface area contributed by atoms with Crippen LogP contribution in [0.25, 0.3) is 0 Å². The zero-order valence-electron chi connectivity index (χ0n) is 17.5. The molecule has 2 N–H and O–H groups in total. The van der Waals surface area contributed by atoms with Crippen molar-refractivity contribution in [2.24, 2.45) is 0 Å². The predicted octanol–water partition coefficient (Wildman–Crippen LogP) is 4.89. The van der Waals surface area contributed by atoms with Gasteiger partial charge in [0, 0.05) is 34.9 Å². The highest BCUT2D eigenvalue weighted by molar-refractivity contribution is 6.31. The summed E-state index contributed by atoms with van der Waals surface area (Å²) in [5, 5.41) is 7.78. The molecule has 0 aromatic heterocycles. The Morgan fingerprint density at radius 3 is 2.48 bits per heavy atom. The second-order valence-electron chi connectivity index (χ2n) is 8.62. The van der Waals surface area contributed by atoms with Gasteiger partial charge < -0.3 is 15.4 Å². The Morgan fingerprint density at radius 1 is 1.07 bits per heavy atom. The maximum absolute atomic E-state index is 6.38. The zero-order chi connectivity index (χ0) is 20.3. The molecule has 2 fully saturated rings. The van der Waals surface area contributed by atoms with E-state index in [2.05, 4.69) is 66.0 Å². The molecule has 1 saturated carbocycles. The van der Waals surface area contributed by atoms with Crippen LogP contribution in [0.4, 0.5) is 5.69 Å². The number of nitrogens with zero attached hydrogens (tertiary/aromatic N) is 1. The maximum Gasteiger partial charge on any atom is 0.123 e. The molecule has 2 aromatic rings. The second-order valence-corrected chi connectivity index (χ2v) is 9.06. The molecule has 1 aliphatic carbocycles. The van der Waals surface area contributed by atoms with Crippen LogP contribution < -0.4 is 15.4 Å². The van der Waals surface area contributed by atoms with Crippen molar-refractivity contribution in [1.29, 1.82) is 0 Å². The van der Waals surface area contributed by atoms with Crippen LogP contribution in [-0.2, 0) is 5.54 Å². The highest BCUT2D eigenvalue weighted by atomic mass is 35.5. The van der Waals surface area contributed by atoms with Crippen LogP contribution in [0.2, 0.25) is 5.02 Å². The molecule has 4 nitrogen and oxygen atoms in total. The van der Waals surface area contributed by atoms with Crippen LogP contribution in [-0.4, -0.2) is 44.2 Å². The number of rotatable bonds is 6. The molecule has 0 amide bonds. The van der Waals surface area contributed by atoms with Gasteiger partial charge in [-0.25, -0.2) is 0 Å². The lowest BCUT2D eigenvalue weighted by Gasteiger charge is -2.46. The monoisotopic (exact) mass is 413 g/mol. The summed E-state index contributed by atoms with van der Waals surface area (Å²) in [6.45, 7) is 1.93. The zero-order valence-corrected chi connectivity index (χ0v) is 18.2.